The minimum Gasteiger partial charge on any atom is -0.325 e. The molecule has 1 aromatic carbocycles. The van der Waals surface area contributed by atoms with Crippen LogP contribution in [0.5, 0.6) is 0 Å². The quantitative estimate of drug-likeness (QED) is 0.802. The van der Waals surface area contributed by atoms with Crippen LogP contribution >= 0.6 is 11.8 Å². The third-order valence-electron chi connectivity index (χ3n) is 3.26. The Bertz CT molecular complexity index is 715. The number of para-hydroxylation sites is 1. The molecule has 0 saturated carbocycles. The summed E-state index contributed by atoms with van der Waals surface area (Å²) in [6.07, 6.45) is -3.80. The molecule has 5 nitrogen and oxygen atoms in total. The van der Waals surface area contributed by atoms with Gasteiger partial charge in [-0.2, -0.15) is 13.2 Å². The minimum atomic E-state index is -4.52. The van der Waals surface area contributed by atoms with Gasteiger partial charge in [0.25, 0.3) is 0 Å². The van der Waals surface area contributed by atoms with E-state index in [9.17, 15) is 18.0 Å². The van der Waals surface area contributed by atoms with Gasteiger partial charge in [0.05, 0.1) is 17.0 Å². The van der Waals surface area contributed by atoms with E-state index in [1.54, 1.807) is 0 Å². The molecule has 0 saturated heterocycles. The summed E-state index contributed by atoms with van der Waals surface area (Å²) >= 11 is 1.14. The molecule has 24 heavy (non-hydrogen) atoms. The van der Waals surface area contributed by atoms with Gasteiger partial charge in [0.2, 0.25) is 5.91 Å². The smallest absolute Gasteiger partial charge is 0.325 e. The van der Waals surface area contributed by atoms with E-state index >= 15 is 0 Å². The highest BCUT2D eigenvalue weighted by Gasteiger charge is 2.33. The number of halogens is 3. The van der Waals surface area contributed by atoms with Gasteiger partial charge in [0, 0.05) is 13.0 Å². The molecule has 0 spiro atoms. The zero-order valence-electron chi connectivity index (χ0n) is 13.2. The van der Waals surface area contributed by atoms with Gasteiger partial charge in [-0.15, -0.1) is 10.2 Å². The van der Waals surface area contributed by atoms with Crippen LogP contribution in [0.4, 0.5) is 18.9 Å². The fraction of sp³-hybridized carbons (Fsp3) is 0.400. The number of benzene rings is 1. The van der Waals surface area contributed by atoms with Gasteiger partial charge in [0.15, 0.2) is 5.16 Å². The van der Waals surface area contributed by atoms with Crippen molar-refractivity contribution in [3.63, 3.8) is 0 Å². The highest BCUT2D eigenvalue weighted by atomic mass is 32.2. The molecule has 2 aromatic rings. The fourth-order valence-electron chi connectivity index (χ4n) is 2.16. The molecule has 0 radical (unpaired) electrons. The molecule has 0 unspecified atom stereocenters. The Morgan fingerprint density at radius 2 is 1.96 bits per heavy atom. The van der Waals surface area contributed by atoms with Crippen molar-refractivity contribution >= 4 is 23.4 Å². The van der Waals surface area contributed by atoms with Gasteiger partial charge in [-0.25, -0.2) is 0 Å². The third-order valence-corrected chi connectivity index (χ3v) is 4.23. The molecule has 0 aliphatic rings. The highest BCUT2D eigenvalue weighted by molar-refractivity contribution is 7.99. The number of aromatic nitrogens is 3. The summed E-state index contributed by atoms with van der Waals surface area (Å²) in [5.74, 6) is 0.233. The minimum absolute atomic E-state index is 0.0476. The molecule has 1 heterocycles. The predicted octanol–water partition coefficient (Wildman–Crippen LogP) is 3.61. The van der Waals surface area contributed by atoms with E-state index in [1.807, 2.05) is 18.4 Å². The Kier molecular flexibility index (Phi) is 5.87. The van der Waals surface area contributed by atoms with Crippen molar-refractivity contribution in [3.05, 3.63) is 35.7 Å². The number of anilines is 1. The largest absolute Gasteiger partial charge is 0.418 e. The maximum atomic E-state index is 12.9. The number of hydrogen-bond donors (Lipinski definition) is 1. The second-order valence-corrected chi connectivity index (χ2v) is 5.82. The Morgan fingerprint density at radius 3 is 2.58 bits per heavy atom. The Hall–Kier alpha value is -2.03. The molecule has 1 aromatic heterocycles. The van der Waals surface area contributed by atoms with Gasteiger partial charge in [0.1, 0.15) is 5.82 Å². The number of rotatable bonds is 6. The first-order valence-corrected chi connectivity index (χ1v) is 8.36. The van der Waals surface area contributed by atoms with Crippen molar-refractivity contribution in [2.75, 3.05) is 11.1 Å². The SMILES string of the molecule is CCc1nnc(SCC(=O)Nc2ccccc2C(F)(F)F)n1CC. The number of thioether (sulfide) groups is 1. The lowest BCUT2D eigenvalue weighted by Crippen LogP contribution is -2.18. The number of nitrogens with zero attached hydrogens (tertiary/aromatic N) is 3. The average Bonchev–Trinajstić information content (AvgIpc) is 2.94. The number of alkyl halides is 3. The topological polar surface area (TPSA) is 59.8 Å². The van der Waals surface area contributed by atoms with Crippen molar-refractivity contribution in [2.24, 2.45) is 0 Å². The summed E-state index contributed by atoms with van der Waals surface area (Å²) < 4.78 is 40.6. The molecule has 0 aliphatic carbocycles. The molecule has 2 rings (SSSR count). The first-order chi connectivity index (χ1) is 11.4. The van der Waals surface area contributed by atoms with E-state index < -0.39 is 17.6 Å². The summed E-state index contributed by atoms with van der Waals surface area (Å²) in [6.45, 7) is 4.55. The maximum Gasteiger partial charge on any atom is 0.418 e. The molecular formula is C15H17F3N4OS. The summed E-state index contributed by atoms with van der Waals surface area (Å²) in [7, 11) is 0. The monoisotopic (exact) mass is 358 g/mol. The molecular weight excluding hydrogens is 341 g/mol. The molecule has 1 N–H and O–H groups in total. The lowest BCUT2D eigenvalue weighted by atomic mass is 10.1. The first kappa shape index (κ1) is 18.3. The zero-order chi connectivity index (χ0) is 17.7. The van der Waals surface area contributed by atoms with E-state index in [0.29, 0.717) is 18.1 Å². The zero-order valence-corrected chi connectivity index (χ0v) is 14.0. The molecule has 0 fully saturated rings. The van der Waals surface area contributed by atoms with Gasteiger partial charge >= 0.3 is 6.18 Å². The first-order valence-electron chi connectivity index (χ1n) is 7.37. The van der Waals surface area contributed by atoms with E-state index in [-0.39, 0.29) is 11.4 Å². The van der Waals surface area contributed by atoms with Crippen LogP contribution in [0.15, 0.2) is 29.4 Å². The van der Waals surface area contributed by atoms with Gasteiger partial charge in [-0.3, -0.25) is 4.79 Å². The summed E-state index contributed by atoms with van der Waals surface area (Å²) in [4.78, 5) is 12.0. The number of amides is 1. The lowest BCUT2D eigenvalue weighted by molar-refractivity contribution is -0.137. The van der Waals surface area contributed by atoms with E-state index in [0.717, 1.165) is 23.7 Å². The van der Waals surface area contributed by atoms with Crippen LogP contribution in [-0.4, -0.2) is 26.4 Å². The normalized spacial score (nSPS) is 11.5. The highest BCUT2D eigenvalue weighted by Crippen LogP contribution is 2.34. The van der Waals surface area contributed by atoms with Crippen molar-refractivity contribution in [3.8, 4) is 0 Å². The maximum absolute atomic E-state index is 12.9. The van der Waals surface area contributed by atoms with Crippen LogP contribution in [0.2, 0.25) is 0 Å². The molecule has 9 heteroatoms. The van der Waals surface area contributed by atoms with Gasteiger partial charge < -0.3 is 9.88 Å². The summed E-state index contributed by atoms with van der Waals surface area (Å²) in [6, 6.07) is 4.89. The predicted molar refractivity (Wildman–Crippen MR) is 85.9 cm³/mol. The standard InChI is InChI=1S/C15H17F3N4OS/c1-3-12-20-21-14(22(12)4-2)24-9-13(23)19-11-8-6-5-7-10(11)15(16,17)18/h5-8H,3-4,9H2,1-2H3,(H,19,23). The molecule has 130 valence electrons. The number of carbonyl (C=O) groups is 1. The van der Waals surface area contributed by atoms with Crippen LogP contribution in [0.3, 0.4) is 0 Å². The van der Waals surface area contributed by atoms with Crippen LogP contribution < -0.4 is 5.32 Å². The third kappa shape index (κ3) is 4.28. The van der Waals surface area contributed by atoms with Gasteiger partial charge in [-0.1, -0.05) is 30.8 Å². The molecule has 0 bridgehead atoms. The van der Waals surface area contributed by atoms with Crippen molar-refractivity contribution in [2.45, 2.75) is 38.1 Å². The number of hydrogen-bond acceptors (Lipinski definition) is 4. The number of carbonyl (C=O) groups excluding carboxylic acids is 1. The van der Waals surface area contributed by atoms with Crippen molar-refractivity contribution in [1.82, 2.24) is 14.8 Å². The average molecular weight is 358 g/mol. The molecule has 0 atom stereocenters. The van der Waals surface area contributed by atoms with Gasteiger partial charge in [-0.05, 0) is 19.1 Å². The van der Waals surface area contributed by atoms with E-state index in [1.165, 1.54) is 18.2 Å². The van der Waals surface area contributed by atoms with Crippen LogP contribution in [-0.2, 0) is 23.9 Å². The second-order valence-electron chi connectivity index (χ2n) is 4.88. The van der Waals surface area contributed by atoms with Crippen LogP contribution in [0.1, 0.15) is 25.2 Å². The molecule has 0 aliphatic heterocycles. The summed E-state index contributed by atoms with van der Waals surface area (Å²) in [5, 5.41) is 10.9. The van der Waals surface area contributed by atoms with E-state index in [4.69, 9.17) is 0 Å². The lowest BCUT2D eigenvalue weighted by Gasteiger charge is -2.13. The van der Waals surface area contributed by atoms with Crippen LogP contribution in [0.25, 0.3) is 0 Å². The number of nitrogens with one attached hydrogen (secondary N) is 1. The Morgan fingerprint density at radius 1 is 1.25 bits per heavy atom. The Labute approximate surface area is 141 Å². The Balaban J connectivity index is 2.04. The van der Waals surface area contributed by atoms with Crippen molar-refractivity contribution < 1.29 is 18.0 Å². The van der Waals surface area contributed by atoms with Crippen LogP contribution in [0, 0.1) is 0 Å². The second kappa shape index (κ2) is 7.69. The fourth-order valence-corrected chi connectivity index (χ4v) is 2.98. The van der Waals surface area contributed by atoms with E-state index in [2.05, 4.69) is 15.5 Å². The molecule has 1 amide bonds. The van der Waals surface area contributed by atoms with Crippen molar-refractivity contribution in [1.29, 1.82) is 0 Å². The summed E-state index contributed by atoms with van der Waals surface area (Å²) in [5.41, 5.74) is -1.12. The number of aryl methyl sites for hydroxylation is 1.